The summed E-state index contributed by atoms with van der Waals surface area (Å²) in [4.78, 5) is 32.7. The van der Waals surface area contributed by atoms with Gasteiger partial charge in [0.05, 0.1) is 5.52 Å². The number of nitrogens with one attached hydrogen (secondary N) is 2. The SMILES string of the molecule is CC(=O)NCCNC(=O)c1cccc(CCc2cnc3c(N)nc4cc(C)ccc4c3c2)c1C. The average Bonchev–Trinajstić information content (AvgIpc) is 2.80. The number of aromatic nitrogens is 2. The van der Waals surface area contributed by atoms with E-state index < -0.39 is 0 Å². The van der Waals surface area contributed by atoms with Crippen molar-refractivity contribution in [1.29, 1.82) is 0 Å². The van der Waals surface area contributed by atoms with E-state index in [9.17, 15) is 9.59 Å². The van der Waals surface area contributed by atoms with Crippen molar-refractivity contribution < 1.29 is 9.59 Å². The largest absolute Gasteiger partial charge is 0.382 e. The van der Waals surface area contributed by atoms with Gasteiger partial charge in [-0.15, -0.1) is 0 Å². The van der Waals surface area contributed by atoms with Crippen LogP contribution in [-0.2, 0) is 17.6 Å². The Kier molecular flexibility index (Phi) is 6.72. The van der Waals surface area contributed by atoms with Crippen LogP contribution in [0.1, 0.15) is 39.5 Å². The lowest BCUT2D eigenvalue weighted by molar-refractivity contribution is -0.118. The van der Waals surface area contributed by atoms with Gasteiger partial charge in [-0.05, 0) is 67.1 Å². The molecule has 0 fully saturated rings. The molecule has 0 aliphatic carbocycles. The zero-order valence-electron chi connectivity index (χ0n) is 19.7. The van der Waals surface area contributed by atoms with Crippen molar-refractivity contribution in [2.45, 2.75) is 33.6 Å². The summed E-state index contributed by atoms with van der Waals surface area (Å²) in [6, 6.07) is 14.1. The van der Waals surface area contributed by atoms with E-state index in [0.717, 1.165) is 51.4 Å². The monoisotopic (exact) mass is 455 g/mol. The van der Waals surface area contributed by atoms with Gasteiger partial charge in [-0.3, -0.25) is 14.6 Å². The second kappa shape index (κ2) is 9.87. The van der Waals surface area contributed by atoms with E-state index in [4.69, 9.17) is 5.73 Å². The molecule has 4 N–H and O–H groups in total. The number of anilines is 1. The zero-order valence-corrected chi connectivity index (χ0v) is 19.7. The van der Waals surface area contributed by atoms with Gasteiger partial charge in [0.25, 0.3) is 5.91 Å². The first-order valence-corrected chi connectivity index (χ1v) is 11.4. The molecule has 0 unspecified atom stereocenters. The van der Waals surface area contributed by atoms with Gasteiger partial charge in [-0.1, -0.05) is 24.3 Å². The highest BCUT2D eigenvalue weighted by Crippen LogP contribution is 2.28. The second-order valence-corrected chi connectivity index (χ2v) is 8.59. The van der Waals surface area contributed by atoms with E-state index in [1.807, 2.05) is 38.2 Å². The molecule has 0 spiro atoms. The van der Waals surface area contributed by atoms with Gasteiger partial charge in [-0.25, -0.2) is 4.98 Å². The number of nitrogens with zero attached hydrogens (tertiary/aromatic N) is 2. The van der Waals surface area contributed by atoms with Crippen LogP contribution in [0.3, 0.4) is 0 Å². The van der Waals surface area contributed by atoms with Crippen molar-refractivity contribution in [1.82, 2.24) is 20.6 Å². The number of fused-ring (bicyclic) bond motifs is 3. The number of pyridine rings is 2. The molecule has 0 radical (unpaired) electrons. The standard InChI is InChI=1S/C27H29N5O2/c1-16-7-10-22-23-14-19(15-31-25(23)26(28)32-24(22)13-16)8-9-20-5-4-6-21(17(20)2)27(34)30-12-11-29-18(3)33/h4-7,10,13-15H,8-9,11-12H2,1-3H3,(H2,28,32)(H,29,33)(H,30,34). The minimum absolute atomic E-state index is 0.113. The normalized spacial score (nSPS) is 11.0. The first-order valence-electron chi connectivity index (χ1n) is 11.4. The smallest absolute Gasteiger partial charge is 0.251 e. The highest BCUT2D eigenvalue weighted by Gasteiger charge is 2.13. The molecule has 0 aliphatic rings. The maximum Gasteiger partial charge on any atom is 0.251 e. The third-order valence-corrected chi connectivity index (χ3v) is 6.03. The fourth-order valence-corrected chi connectivity index (χ4v) is 4.19. The topological polar surface area (TPSA) is 110 Å². The summed E-state index contributed by atoms with van der Waals surface area (Å²) in [5, 5.41) is 7.58. The molecular formula is C27H29N5O2. The summed E-state index contributed by atoms with van der Waals surface area (Å²) in [7, 11) is 0. The number of rotatable bonds is 7. The molecule has 0 saturated heterocycles. The lowest BCUT2D eigenvalue weighted by atomic mass is 9.96. The molecule has 7 nitrogen and oxygen atoms in total. The second-order valence-electron chi connectivity index (χ2n) is 8.59. The van der Waals surface area contributed by atoms with Gasteiger partial charge in [0, 0.05) is 42.5 Å². The van der Waals surface area contributed by atoms with E-state index in [-0.39, 0.29) is 11.8 Å². The molecule has 0 saturated carbocycles. The van der Waals surface area contributed by atoms with Crippen molar-refractivity contribution in [3.05, 3.63) is 76.5 Å². The van der Waals surface area contributed by atoms with Gasteiger partial charge in [0.1, 0.15) is 5.52 Å². The number of carbonyl (C=O) groups is 2. The maximum atomic E-state index is 12.6. The van der Waals surface area contributed by atoms with Crippen molar-refractivity contribution in [3.8, 4) is 0 Å². The van der Waals surface area contributed by atoms with Gasteiger partial charge < -0.3 is 16.4 Å². The number of carbonyl (C=O) groups excluding carboxylic acids is 2. The van der Waals surface area contributed by atoms with Crippen LogP contribution in [0, 0.1) is 13.8 Å². The number of nitrogens with two attached hydrogens (primary N) is 1. The molecule has 4 rings (SSSR count). The zero-order chi connectivity index (χ0) is 24.2. The summed E-state index contributed by atoms with van der Waals surface area (Å²) >= 11 is 0. The van der Waals surface area contributed by atoms with Gasteiger partial charge in [-0.2, -0.15) is 0 Å². The summed E-state index contributed by atoms with van der Waals surface area (Å²) in [5.74, 6) is 0.187. The van der Waals surface area contributed by atoms with Crippen LogP contribution in [0.15, 0.2) is 48.7 Å². The molecule has 2 amide bonds. The lowest BCUT2D eigenvalue weighted by Gasteiger charge is -2.13. The predicted octanol–water partition coefficient (Wildman–Crippen LogP) is 3.63. The molecule has 34 heavy (non-hydrogen) atoms. The Morgan fingerprint density at radius 3 is 2.56 bits per heavy atom. The van der Waals surface area contributed by atoms with E-state index in [2.05, 4.69) is 44.9 Å². The van der Waals surface area contributed by atoms with E-state index in [1.165, 1.54) is 6.92 Å². The molecule has 174 valence electrons. The van der Waals surface area contributed by atoms with E-state index >= 15 is 0 Å². The molecule has 0 atom stereocenters. The van der Waals surface area contributed by atoms with E-state index in [1.54, 1.807) is 0 Å². The summed E-state index contributed by atoms with van der Waals surface area (Å²) in [5.41, 5.74) is 12.7. The van der Waals surface area contributed by atoms with Gasteiger partial charge in [0.2, 0.25) is 5.91 Å². The van der Waals surface area contributed by atoms with Crippen LogP contribution in [0.2, 0.25) is 0 Å². The minimum atomic E-state index is -0.137. The van der Waals surface area contributed by atoms with Crippen molar-refractivity contribution in [2.24, 2.45) is 0 Å². The predicted molar refractivity (Wildman–Crippen MR) is 136 cm³/mol. The summed E-state index contributed by atoms with van der Waals surface area (Å²) in [6.45, 7) is 6.25. The van der Waals surface area contributed by atoms with Crippen LogP contribution >= 0.6 is 0 Å². The maximum absolute atomic E-state index is 12.6. The Morgan fingerprint density at radius 1 is 0.971 bits per heavy atom. The van der Waals surface area contributed by atoms with Gasteiger partial charge >= 0.3 is 0 Å². The molecule has 0 aliphatic heterocycles. The van der Waals surface area contributed by atoms with Crippen molar-refractivity contribution in [2.75, 3.05) is 18.8 Å². The lowest BCUT2D eigenvalue weighted by Crippen LogP contribution is -2.34. The molecule has 2 aromatic heterocycles. The number of hydrogen-bond acceptors (Lipinski definition) is 5. The number of benzene rings is 2. The van der Waals surface area contributed by atoms with Crippen LogP contribution in [0.4, 0.5) is 5.82 Å². The Hall–Kier alpha value is -4.00. The van der Waals surface area contributed by atoms with Crippen LogP contribution in [-0.4, -0.2) is 34.9 Å². The summed E-state index contributed by atoms with van der Waals surface area (Å²) in [6.07, 6.45) is 3.42. The van der Waals surface area contributed by atoms with Crippen molar-refractivity contribution >= 4 is 39.4 Å². The molecule has 0 bridgehead atoms. The Balaban J connectivity index is 1.52. The van der Waals surface area contributed by atoms with Crippen LogP contribution in [0.25, 0.3) is 21.8 Å². The number of amides is 2. The van der Waals surface area contributed by atoms with Crippen molar-refractivity contribution in [3.63, 3.8) is 0 Å². The fourth-order valence-electron chi connectivity index (χ4n) is 4.19. The van der Waals surface area contributed by atoms with Crippen LogP contribution in [0.5, 0.6) is 0 Å². The minimum Gasteiger partial charge on any atom is -0.382 e. The Bertz CT molecular complexity index is 1400. The van der Waals surface area contributed by atoms with Crippen LogP contribution < -0.4 is 16.4 Å². The molecule has 4 aromatic rings. The molecule has 2 aromatic carbocycles. The summed E-state index contributed by atoms with van der Waals surface area (Å²) < 4.78 is 0. The Morgan fingerprint density at radius 2 is 1.76 bits per heavy atom. The first-order chi connectivity index (χ1) is 16.3. The first kappa shape index (κ1) is 23.2. The third kappa shape index (κ3) is 4.98. The fraction of sp³-hybridized carbons (Fsp3) is 0.259. The molecular weight excluding hydrogens is 426 g/mol. The number of hydrogen-bond donors (Lipinski definition) is 3. The Labute approximate surface area is 198 Å². The van der Waals surface area contributed by atoms with Gasteiger partial charge in [0.15, 0.2) is 5.82 Å². The average molecular weight is 456 g/mol. The highest BCUT2D eigenvalue weighted by atomic mass is 16.2. The molecule has 2 heterocycles. The highest BCUT2D eigenvalue weighted by molar-refractivity contribution is 6.08. The number of aryl methyl sites for hydroxylation is 3. The quantitative estimate of drug-likeness (QED) is 0.291. The van der Waals surface area contributed by atoms with E-state index in [0.29, 0.717) is 30.0 Å². The molecule has 7 heteroatoms. The third-order valence-electron chi connectivity index (χ3n) is 6.03. The number of nitrogen functional groups attached to an aromatic ring is 1.